The summed E-state index contributed by atoms with van der Waals surface area (Å²) in [5, 5.41) is 2.81. The maximum Gasteiger partial charge on any atom is 0.247 e. The maximum absolute atomic E-state index is 11.2. The molecule has 84 valence electrons. The number of carbonyl (C=O) groups excluding carboxylic acids is 1. The third-order valence-corrected chi connectivity index (χ3v) is 3.05. The van der Waals surface area contributed by atoms with E-state index in [0.717, 1.165) is 12.1 Å². The van der Waals surface area contributed by atoms with Gasteiger partial charge in [-0.2, -0.15) is 0 Å². The first kappa shape index (κ1) is 10.9. The van der Waals surface area contributed by atoms with Gasteiger partial charge in [-0.3, -0.25) is 4.79 Å². The molecule has 0 unspecified atom stereocenters. The van der Waals surface area contributed by atoms with Crippen molar-refractivity contribution >= 4 is 11.6 Å². The molecule has 2 nitrogen and oxygen atoms in total. The summed E-state index contributed by atoms with van der Waals surface area (Å²) in [7, 11) is 0. The smallest absolute Gasteiger partial charge is 0.247 e. The number of rotatable bonds is 2. The van der Waals surface area contributed by atoms with Gasteiger partial charge in [0.05, 0.1) is 0 Å². The van der Waals surface area contributed by atoms with Crippen molar-refractivity contribution in [2.45, 2.75) is 32.1 Å². The predicted octanol–water partition coefficient (Wildman–Crippen LogP) is 3.08. The number of nitrogens with one attached hydrogen (secondary N) is 1. The molecular formula is C14H17NO. The van der Waals surface area contributed by atoms with Crippen LogP contribution in [0.3, 0.4) is 0 Å². The van der Waals surface area contributed by atoms with Crippen molar-refractivity contribution in [3.8, 4) is 0 Å². The van der Waals surface area contributed by atoms with Gasteiger partial charge in [-0.15, -0.1) is 0 Å². The molecule has 0 fully saturated rings. The normalized spacial score (nSPS) is 14.8. The Morgan fingerprint density at radius 2 is 1.94 bits per heavy atom. The molecule has 0 aromatic heterocycles. The number of benzene rings is 1. The lowest BCUT2D eigenvalue weighted by molar-refractivity contribution is -0.111. The van der Waals surface area contributed by atoms with E-state index in [1.807, 2.05) is 6.07 Å². The lowest BCUT2D eigenvalue weighted by Gasteiger charge is -2.08. The summed E-state index contributed by atoms with van der Waals surface area (Å²) < 4.78 is 0. The predicted molar refractivity (Wildman–Crippen MR) is 66.5 cm³/mol. The zero-order valence-electron chi connectivity index (χ0n) is 9.46. The van der Waals surface area contributed by atoms with Crippen molar-refractivity contribution in [1.29, 1.82) is 0 Å². The first-order chi connectivity index (χ1) is 7.79. The monoisotopic (exact) mass is 215 g/mol. The minimum absolute atomic E-state index is 0.145. The van der Waals surface area contributed by atoms with E-state index in [1.54, 1.807) is 0 Å². The molecule has 0 radical (unpaired) electrons. The summed E-state index contributed by atoms with van der Waals surface area (Å²) in [6.07, 6.45) is 7.45. The molecule has 1 N–H and O–H groups in total. The largest absolute Gasteiger partial charge is 0.323 e. The van der Waals surface area contributed by atoms with E-state index >= 15 is 0 Å². The third kappa shape index (κ3) is 2.51. The Bertz CT molecular complexity index is 409. The van der Waals surface area contributed by atoms with Crippen LogP contribution in [0.5, 0.6) is 0 Å². The zero-order chi connectivity index (χ0) is 11.4. The van der Waals surface area contributed by atoms with Crippen LogP contribution in [0, 0.1) is 0 Å². The van der Waals surface area contributed by atoms with Crippen LogP contribution in [0.4, 0.5) is 5.69 Å². The highest BCUT2D eigenvalue weighted by Gasteiger charge is 2.08. The third-order valence-electron chi connectivity index (χ3n) is 3.05. The molecule has 0 spiro atoms. The lowest BCUT2D eigenvalue weighted by Crippen LogP contribution is -2.07. The van der Waals surface area contributed by atoms with E-state index in [-0.39, 0.29) is 5.91 Å². The molecule has 16 heavy (non-hydrogen) atoms. The van der Waals surface area contributed by atoms with E-state index in [4.69, 9.17) is 0 Å². The second kappa shape index (κ2) is 4.97. The van der Waals surface area contributed by atoms with Crippen LogP contribution in [0.1, 0.15) is 30.4 Å². The fourth-order valence-electron chi connectivity index (χ4n) is 2.18. The molecule has 1 aromatic carbocycles. The average molecular weight is 215 g/mol. The second-order valence-electron chi connectivity index (χ2n) is 4.24. The van der Waals surface area contributed by atoms with Gasteiger partial charge in [-0.1, -0.05) is 19.1 Å². The van der Waals surface area contributed by atoms with Crippen molar-refractivity contribution < 1.29 is 4.79 Å². The number of hydrogen-bond acceptors (Lipinski definition) is 1. The van der Waals surface area contributed by atoms with Gasteiger partial charge in [-0.25, -0.2) is 0 Å². The van der Waals surface area contributed by atoms with Gasteiger partial charge in [0.15, 0.2) is 0 Å². The standard InChI is InChI=1S/C14H17NO/c1-2-14(16)15-13-9-8-11-6-4-3-5-7-12(11)10-13/h2,8-10H,1,3-7H2,(H,15,16). The summed E-state index contributed by atoms with van der Waals surface area (Å²) in [5.74, 6) is -0.145. The Morgan fingerprint density at radius 1 is 1.19 bits per heavy atom. The van der Waals surface area contributed by atoms with Gasteiger partial charge in [0.2, 0.25) is 5.91 Å². The SMILES string of the molecule is C=CC(=O)Nc1ccc2c(c1)CCCCC2. The van der Waals surface area contributed by atoms with E-state index in [0.29, 0.717) is 0 Å². The maximum atomic E-state index is 11.2. The highest BCUT2D eigenvalue weighted by atomic mass is 16.1. The summed E-state index contributed by atoms with van der Waals surface area (Å²) >= 11 is 0. The lowest BCUT2D eigenvalue weighted by atomic mass is 10.0. The van der Waals surface area contributed by atoms with Crippen molar-refractivity contribution in [1.82, 2.24) is 0 Å². The van der Waals surface area contributed by atoms with Gasteiger partial charge in [-0.05, 0) is 55.0 Å². The molecule has 1 aliphatic rings. The van der Waals surface area contributed by atoms with Crippen LogP contribution in [-0.4, -0.2) is 5.91 Å². The van der Waals surface area contributed by atoms with Crippen molar-refractivity contribution in [3.05, 3.63) is 42.0 Å². The summed E-state index contributed by atoms with van der Waals surface area (Å²) in [6, 6.07) is 6.22. The van der Waals surface area contributed by atoms with Crippen molar-refractivity contribution in [3.63, 3.8) is 0 Å². The molecule has 0 saturated carbocycles. The first-order valence-corrected chi connectivity index (χ1v) is 5.85. The molecule has 0 heterocycles. The number of hydrogen-bond donors (Lipinski definition) is 1. The van der Waals surface area contributed by atoms with Crippen molar-refractivity contribution in [2.24, 2.45) is 0 Å². The topological polar surface area (TPSA) is 29.1 Å². The van der Waals surface area contributed by atoms with Crippen LogP contribution < -0.4 is 5.32 Å². The number of aryl methyl sites for hydroxylation is 2. The molecule has 1 amide bonds. The number of amides is 1. The van der Waals surface area contributed by atoms with Crippen LogP contribution in [0.2, 0.25) is 0 Å². The van der Waals surface area contributed by atoms with Crippen molar-refractivity contribution in [2.75, 3.05) is 5.32 Å². The average Bonchev–Trinajstić information content (AvgIpc) is 2.53. The summed E-state index contributed by atoms with van der Waals surface area (Å²) in [6.45, 7) is 3.45. The molecule has 2 rings (SSSR count). The van der Waals surface area contributed by atoms with E-state index < -0.39 is 0 Å². The Balaban J connectivity index is 2.20. The first-order valence-electron chi connectivity index (χ1n) is 5.85. The Morgan fingerprint density at radius 3 is 2.69 bits per heavy atom. The van der Waals surface area contributed by atoms with E-state index in [2.05, 4.69) is 24.0 Å². The minimum atomic E-state index is -0.145. The minimum Gasteiger partial charge on any atom is -0.323 e. The molecule has 0 saturated heterocycles. The molecule has 0 atom stereocenters. The fourth-order valence-corrected chi connectivity index (χ4v) is 2.18. The van der Waals surface area contributed by atoms with Gasteiger partial charge < -0.3 is 5.32 Å². The van der Waals surface area contributed by atoms with Crippen LogP contribution in [0.15, 0.2) is 30.9 Å². The van der Waals surface area contributed by atoms with Gasteiger partial charge >= 0.3 is 0 Å². The summed E-state index contributed by atoms with van der Waals surface area (Å²) in [5.41, 5.74) is 3.71. The Kier molecular flexibility index (Phi) is 3.40. The van der Waals surface area contributed by atoms with E-state index in [9.17, 15) is 4.79 Å². The summed E-state index contributed by atoms with van der Waals surface area (Å²) in [4.78, 5) is 11.2. The quantitative estimate of drug-likeness (QED) is 0.596. The van der Waals surface area contributed by atoms with E-state index in [1.165, 1.54) is 42.9 Å². The molecule has 1 aromatic rings. The highest BCUT2D eigenvalue weighted by molar-refractivity contribution is 5.98. The number of carbonyl (C=O) groups is 1. The molecular weight excluding hydrogens is 198 g/mol. The number of fused-ring (bicyclic) bond motifs is 1. The van der Waals surface area contributed by atoms with Gasteiger partial charge in [0.1, 0.15) is 0 Å². The highest BCUT2D eigenvalue weighted by Crippen LogP contribution is 2.23. The van der Waals surface area contributed by atoms with Crippen LogP contribution in [0.25, 0.3) is 0 Å². The Labute approximate surface area is 96.4 Å². The Hall–Kier alpha value is -1.57. The van der Waals surface area contributed by atoms with Gasteiger partial charge in [0.25, 0.3) is 0 Å². The van der Waals surface area contributed by atoms with Gasteiger partial charge in [0, 0.05) is 5.69 Å². The molecule has 2 heteroatoms. The molecule has 0 aliphatic heterocycles. The number of anilines is 1. The molecule has 0 bridgehead atoms. The second-order valence-corrected chi connectivity index (χ2v) is 4.24. The van der Waals surface area contributed by atoms with Crippen LogP contribution in [-0.2, 0) is 17.6 Å². The molecule has 1 aliphatic carbocycles. The van der Waals surface area contributed by atoms with Crippen LogP contribution >= 0.6 is 0 Å². The zero-order valence-corrected chi connectivity index (χ0v) is 9.46. The fraction of sp³-hybridized carbons (Fsp3) is 0.357.